The van der Waals surface area contributed by atoms with Crippen LogP contribution in [0.1, 0.15) is 11.3 Å². The van der Waals surface area contributed by atoms with Gasteiger partial charge in [-0.25, -0.2) is 4.68 Å². The molecule has 0 amide bonds. The van der Waals surface area contributed by atoms with Crippen molar-refractivity contribution in [1.29, 1.82) is 10.5 Å². The second kappa shape index (κ2) is 6.69. The molecule has 1 aromatic carbocycles. The lowest BCUT2D eigenvalue weighted by Crippen LogP contribution is -2.08. The molecule has 12 heteroatoms. The zero-order chi connectivity index (χ0) is 18.1. The summed E-state index contributed by atoms with van der Waals surface area (Å²) >= 11 is 12.1. The Hall–Kier alpha value is -2.27. The van der Waals surface area contributed by atoms with Gasteiger partial charge in [-0.3, -0.25) is 0 Å². The standard InChI is InChI=1S/C12H4Cl2F3N5OS/c13-6-1-5(12(15,16)17)2-7(14)9(6)22-11(20)10(23-24-4-19)8(3-18)21-22/h1-2H,20H2. The summed E-state index contributed by atoms with van der Waals surface area (Å²) in [6.07, 6.45) is -4.64. The van der Waals surface area contributed by atoms with Crippen LogP contribution in [-0.2, 0) is 6.18 Å². The Kier molecular flexibility index (Phi) is 5.04. The monoisotopic (exact) mass is 393 g/mol. The Labute approximate surface area is 147 Å². The first-order valence-corrected chi connectivity index (χ1v) is 7.28. The van der Waals surface area contributed by atoms with E-state index in [4.69, 9.17) is 43.6 Å². The molecular weight excluding hydrogens is 390 g/mol. The molecule has 0 aliphatic rings. The van der Waals surface area contributed by atoms with Crippen LogP contribution in [0, 0.1) is 22.0 Å². The van der Waals surface area contributed by atoms with Gasteiger partial charge in [-0.2, -0.15) is 28.8 Å². The van der Waals surface area contributed by atoms with Crippen molar-refractivity contribution in [3.63, 3.8) is 0 Å². The number of nitrogens with zero attached hydrogens (tertiary/aromatic N) is 4. The summed E-state index contributed by atoms with van der Waals surface area (Å²) < 4.78 is 44.1. The molecule has 0 fully saturated rings. The maximum atomic E-state index is 12.8. The highest BCUT2D eigenvalue weighted by Gasteiger charge is 2.33. The molecule has 124 valence electrons. The van der Waals surface area contributed by atoms with Crippen molar-refractivity contribution in [2.75, 3.05) is 5.73 Å². The Bertz CT molecular complexity index is 862. The SMILES string of the molecule is N#CSOc1c(C#N)nn(-c2c(Cl)cc(C(F)(F)F)cc2Cl)c1N. The van der Waals surface area contributed by atoms with Gasteiger partial charge in [-0.1, -0.05) is 23.2 Å². The van der Waals surface area contributed by atoms with E-state index in [-0.39, 0.29) is 33.0 Å². The fourth-order valence-corrected chi connectivity index (χ4v) is 2.67. The van der Waals surface area contributed by atoms with Gasteiger partial charge < -0.3 is 9.92 Å². The van der Waals surface area contributed by atoms with Crippen molar-refractivity contribution in [3.8, 4) is 22.9 Å². The number of alkyl halides is 3. The lowest BCUT2D eigenvalue weighted by atomic mass is 10.2. The number of benzene rings is 1. The number of nitrogens with two attached hydrogens (primary N) is 1. The van der Waals surface area contributed by atoms with E-state index in [0.29, 0.717) is 24.2 Å². The fourth-order valence-electron chi connectivity index (χ4n) is 1.73. The number of rotatable bonds is 3. The quantitative estimate of drug-likeness (QED) is 0.620. The van der Waals surface area contributed by atoms with Crippen LogP contribution >= 0.6 is 35.2 Å². The highest BCUT2D eigenvalue weighted by atomic mass is 35.5. The van der Waals surface area contributed by atoms with Crippen molar-refractivity contribution in [2.24, 2.45) is 0 Å². The molecule has 0 atom stereocenters. The second-order valence-electron chi connectivity index (χ2n) is 4.13. The number of anilines is 1. The summed E-state index contributed by atoms with van der Waals surface area (Å²) in [4.78, 5) is 0. The molecule has 0 saturated carbocycles. The number of hydrogen-bond acceptors (Lipinski definition) is 6. The van der Waals surface area contributed by atoms with Crippen LogP contribution in [0.15, 0.2) is 12.1 Å². The Morgan fingerprint density at radius 2 is 1.83 bits per heavy atom. The average Bonchev–Trinajstić information content (AvgIpc) is 2.80. The zero-order valence-corrected chi connectivity index (χ0v) is 13.6. The number of thiocyanates is 1. The summed E-state index contributed by atoms with van der Waals surface area (Å²) in [5, 5.41) is 22.2. The molecule has 0 spiro atoms. The van der Waals surface area contributed by atoms with Crippen molar-refractivity contribution in [2.45, 2.75) is 6.18 Å². The van der Waals surface area contributed by atoms with Crippen LogP contribution < -0.4 is 9.92 Å². The molecule has 0 aliphatic heterocycles. The zero-order valence-electron chi connectivity index (χ0n) is 11.2. The van der Waals surface area contributed by atoms with Crippen molar-refractivity contribution in [3.05, 3.63) is 33.4 Å². The number of nitrogen functional groups attached to an aromatic ring is 1. The first-order chi connectivity index (χ1) is 11.2. The highest BCUT2D eigenvalue weighted by molar-refractivity contribution is 7.99. The van der Waals surface area contributed by atoms with E-state index >= 15 is 0 Å². The number of nitriles is 2. The van der Waals surface area contributed by atoms with Gasteiger partial charge >= 0.3 is 6.18 Å². The molecular formula is C12H4Cl2F3N5OS. The summed E-state index contributed by atoms with van der Waals surface area (Å²) in [5.41, 5.74) is 4.28. The van der Waals surface area contributed by atoms with Crippen LogP contribution in [0.25, 0.3) is 5.69 Å². The van der Waals surface area contributed by atoms with Crippen LogP contribution in [0.2, 0.25) is 10.0 Å². The van der Waals surface area contributed by atoms with Crippen LogP contribution in [0.5, 0.6) is 5.75 Å². The van der Waals surface area contributed by atoms with Gasteiger partial charge in [0.25, 0.3) is 0 Å². The maximum absolute atomic E-state index is 12.8. The van der Waals surface area contributed by atoms with Gasteiger partial charge in [0.05, 0.1) is 15.6 Å². The van der Waals surface area contributed by atoms with Crippen LogP contribution in [0.4, 0.5) is 19.0 Å². The average molecular weight is 394 g/mol. The molecule has 0 saturated heterocycles. The van der Waals surface area contributed by atoms with E-state index in [1.165, 1.54) is 0 Å². The highest BCUT2D eigenvalue weighted by Crippen LogP contribution is 2.40. The van der Waals surface area contributed by atoms with E-state index in [0.717, 1.165) is 4.68 Å². The summed E-state index contributed by atoms with van der Waals surface area (Å²) in [6.45, 7) is 0. The Morgan fingerprint density at radius 1 is 1.25 bits per heavy atom. The van der Waals surface area contributed by atoms with Crippen molar-refractivity contribution < 1.29 is 17.4 Å². The van der Waals surface area contributed by atoms with Crippen molar-refractivity contribution >= 4 is 41.1 Å². The topological polar surface area (TPSA) is 101 Å². The van der Waals surface area contributed by atoms with E-state index in [9.17, 15) is 13.2 Å². The lowest BCUT2D eigenvalue weighted by Gasteiger charge is -2.13. The van der Waals surface area contributed by atoms with Crippen LogP contribution in [0.3, 0.4) is 0 Å². The van der Waals surface area contributed by atoms with Gasteiger partial charge in [-0.05, 0) is 12.1 Å². The van der Waals surface area contributed by atoms with E-state index in [1.54, 1.807) is 11.5 Å². The minimum atomic E-state index is -4.64. The smallest absolute Gasteiger partial charge is 0.403 e. The Balaban J connectivity index is 2.64. The molecule has 2 N–H and O–H groups in total. The molecule has 0 radical (unpaired) electrons. The number of hydrogen-bond donors (Lipinski definition) is 1. The normalized spacial score (nSPS) is 11.0. The minimum Gasteiger partial charge on any atom is -0.403 e. The molecule has 24 heavy (non-hydrogen) atoms. The molecule has 6 nitrogen and oxygen atoms in total. The van der Waals surface area contributed by atoms with Gasteiger partial charge in [-0.15, -0.1) is 0 Å². The predicted molar refractivity (Wildman–Crippen MR) is 81.5 cm³/mol. The van der Waals surface area contributed by atoms with Gasteiger partial charge in [0.15, 0.2) is 23.3 Å². The van der Waals surface area contributed by atoms with Crippen molar-refractivity contribution in [1.82, 2.24) is 9.78 Å². The molecule has 0 aliphatic carbocycles. The van der Waals surface area contributed by atoms with Crippen LogP contribution in [-0.4, -0.2) is 9.78 Å². The third-order valence-electron chi connectivity index (χ3n) is 2.70. The van der Waals surface area contributed by atoms with E-state index in [1.807, 2.05) is 0 Å². The van der Waals surface area contributed by atoms with Gasteiger partial charge in [0, 0.05) is 0 Å². The third kappa shape index (κ3) is 3.31. The Morgan fingerprint density at radius 3 is 2.29 bits per heavy atom. The predicted octanol–water partition coefficient (Wildman–Crippen LogP) is 4.16. The summed E-state index contributed by atoms with van der Waals surface area (Å²) in [5.74, 6) is -0.478. The number of aromatic nitrogens is 2. The third-order valence-corrected chi connectivity index (χ3v) is 3.60. The van der Waals surface area contributed by atoms with E-state index in [2.05, 4.69) is 5.10 Å². The summed E-state index contributed by atoms with van der Waals surface area (Å²) in [6, 6.07) is 2.99. The molecule has 1 aromatic heterocycles. The molecule has 2 aromatic rings. The number of halogens is 5. The largest absolute Gasteiger partial charge is 0.416 e. The second-order valence-corrected chi connectivity index (χ2v) is 5.46. The first kappa shape index (κ1) is 18.1. The molecule has 2 rings (SSSR count). The first-order valence-electron chi connectivity index (χ1n) is 5.78. The molecule has 0 bridgehead atoms. The molecule has 1 heterocycles. The van der Waals surface area contributed by atoms with Gasteiger partial charge in [0.1, 0.15) is 11.8 Å². The maximum Gasteiger partial charge on any atom is 0.416 e. The van der Waals surface area contributed by atoms with Gasteiger partial charge in [0.2, 0.25) is 11.4 Å². The van der Waals surface area contributed by atoms with E-state index < -0.39 is 11.7 Å². The summed E-state index contributed by atoms with van der Waals surface area (Å²) in [7, 11) is 0. The lowest BCUT2D eigenvalue weighted by molar-refractivity contribution is -0.137. The fraction of sp³-hybridized carbons (Fsp3) is 0.0833. The molecule has 0 unspecified atom stereocenters. The minimum absolute atomic E-state index is 0.155.